The molecule has 0 radical (unpaired) electrons. The monoisotopic (exact) mass is 466 g/mol. The average Bonchev–Trinajstić information content (AvgIpc) is 3.34. The Kier molecular flexibility index (Phi) is 6.84. The van der Waals surface area contributed by atoms with Crippen LogP contribution >= 0.6 is 11.3 Å². The van der Waals surface area contributed by atoms with Crippen LogP contribution in [0.1, 0.15) is 15.2 Å². The molecule has 0 bridgehead atoms. The highest BCUT2D eigenvalue weighted by Gasteiger charge is 2.15. The van der Waals surface area contributed by atoms with Crippen molar-refractivity contribution in [3.63, 3.8) is 0 Å². The third-order valence-corrected chi connectivity index (χ3v) is 7.13. The first kappa shape index (κ1) is 22.0. The van der Waals surface area contributed by atoms with Gasteiger partial charge in [0.15, 0.2) is 0 Å². The lowest BCUT2D eigenvalue weighted by Gasteiger charge is -2.10. The lowest BCUT2D eigenvalue weighted by molar-refractivity contribution is 0.0947. The van der Waals surface area contributed by atoms with E-state index in [0.717, 1.165) is 21.4 Å². The molecular formula is C24H22N2O4S2. The number of amides is 1. The molecule has 0 saturated heterocycles. The molecular weight excluding hydrogens is 444 g/mol. The SMILES string of the molecule is O=C(NCCOc1cccc2ccccc12)c1ccc(S(=O)(=O)NCc2cccs2)cc1. The number of rotatable bonds is 9. The Morgan fingerprint density at radius 1 is 0.906 bits per heavy atom. The second-order valence-corrected chi connectivity index (χ2v) is 9.81. The molecule has 1 amide bonds. The van der Waals surface area contributed by atoms with Crippen LogP contribution in [0.3, 0.4) is 0 Å². The summed E-state index contributed by atoms with van der Waals surface area (Å²) >= 11 is 1.48. The van der Waals surface area contributed by atoms with Crippen molar-refractivity contribution in [1.29, 1.82) is 0 Å². The van der Waals surface area contributed by atoms with Crippen LogP contribution in [-0.2, 0) is 16.6 Å². The maximum atomic E-state index is 12.4. The molecule has 0 fully saturated rings. The zero-order chi connectivity index (χ0) is 22.4. The highest BCUT2D eigenvalue weighted by molar-refractivity contribution is 7.89. The Labute approximate surface area is 190 Å². The number of carbonyl (C=O) groups excluding carboxylic acids is 1. The van der Waals surface area contributed by atoms with E-state index < -0.39 is 10.0 Å². The van der Waals surface area contributed by atoms with E-state index in [1.807, 2.05) is 60.0 Å². The lowest BCUT2D eigenvalue weighted by atomic mass is 10.1. The molecule has 0 atom stereocenters. The van der Waals surface area contributed by atoms with Gasteiger partial charge in [-0.1, -0.05) is 42.5 Å². The molecule has 4 rings (SSSR count). The molecule has 6 nitrogen and oxygen atoms in total. The molecule has 0 unspecified atom stereocenters. The van der Waals surface area contributed by atoms with Crippen LogP contribution in [0, 0.1) is 0 Å². The van der Waals surface area contributed by atoms with Crippen LogP contribution in [0.5, 0.6) is 5.75 Å². The molecule has 8 heteroatoms. The Balaban J connectivity index is 1.29. The Morgan fingerprint density at radius 3 is 2.47 bits per heavy atom. The number of benzene rings is 3. The van der Waals surface area contributed by atoms with Gasteiger partial charge in [0, 0.05) is 22.4 Å². The largest absolute Gasteiger partial charge is 0.491 e. The predicted octanol–water partition coefficient (Wildman–Crippen LogP) is 4.19. The van der Waals surface area contributed by atoms with Crippen LogP contribution in [0.15, 0.2) is 89.1 Å². The summed E-state index contributed by atoms with van der Waals surface area (Å²) in [6.45, 7) is 0.877. The first-order chi connectivity index (χ1) is 15.5. The summed E-state index contributed by atoms with van der Waals surface area (Å²) in [5.41, 5.74) is 0.382. The first-order valence-electron chi connectivity index (χ1n) is 10.0. The fourth-order valence-electron chi connectivity index (χ4n) is 3.20. The first-order valence-corrected chi connectivity index (χ1v) is 12.4. The summed E-state index contributed by atoms with van der Waals surface area (Å²) in [6, 6.07) is 23.4. The Morgan fingerprint density at radius 2 is 1.69 bits per heavy atom. The van der Waals surface area contributed by atoms with Gasteiger partial charge in [0.05, 0.1) is 11.4 Å². The highest BCUT2D eigenvalue weighted by atomic mass is 32.2. The molecule has 0 spiro atoms. The van der Waals surface area contributed by atoms with E-state index in [9.17, 15) is 13.2 Å². The van der Waals surface area contributed by atoms with Crippen molar-refractivity contribution in [2.24, 2.45) is 0 Å². The van der Waals surface area contributed by atoms with Gasteiger partial charge in [-0.25, -0.2) is 13.1 Å². The van der Waals surface area contributed by atoms with Gasteiger partial charge in [0.2, 0.25) is 10.0 Å². The molecule has 0 aliphatic heterocycles. The number of thiophene rings is 1. The molecule has 0 aliphatic carbocycles. The second-order valence-electron chi connectivity index (χ2n) is 7.01. The van der Waals surface area contributed by atoms with E-state index in [-0.39, 0.29) is 17.3 Å². The molecule has 1 heterocycles. The maximum Gasteiger partial charge on any atom is 0.251 e. The van der Waals surface area contributed by atoms with Crippen molar-refractivity contribution in [2.45, 2.75) is 11.4 Å². The van der Waals surface area contributed by atoms with Gasteiger partial charge in [0.25, 0.3) is 5.91 Å². The van der Waals surface area contributed by atoms with E-state index >= 15 is 0 Å². The minimum absolute atomic E-state index is 0.116. The summed E-state index contributed by atoms with van der Waals surface area (Å²) in [5.74, 6) is 0.476. The standard InChI is InChI=1S/C24H22N2O4S2/c27-24(25-14-15-30-23-9-3-6-18-5-1-2-8-22(18)23)19-10-12-21(13-11-19)32(28,29)26-17-20-7-4-16-31-20/h1-13,16,26H,14-15,17H2,(H,25,27). The van der Waals surface area contributed by atoms with Gasteiger partial charge in [-0.3, -0.25) is 4.79 Å². The lowest BCUT2D eigenvalue weighted by Crippen LogP contribution is -2.28. The zero-order valence-electron chi connectivity index (χ0n) is 17.2. The molecule has 0 saturated carbocycles. The smallest absolute Gasteiger partial charge is 0.251 e. The van der Waals surface area contributed by atoms with E-state index in [2.05, 4.69) is 10.0 Å². The Bertz CT molecular complexity index is 1300. The number of fused-ring (bicyclic) bond motifs is 1. The van der Waals surface area contributed by atoms with Crippen molar-refractivity contribution in [3.8, 4) is 5.75 Å². The molecule has 0 aliphatic rings. The van der Waals surface area contributed by atoms with Crippen molar-refractivity contribution < 1.29 is 17.9 Å². The molecule has 1 aromatic heterocycles. The van der Waals surface area contributed by atoms with Crippen LogP contribution in [0.2, 0.25) is 0 Å². The van der Waals surface area contributed by atoms with Crippen molar-refractivity contribution in [3.05, 3.63) is 94.7 Å². The molecule has 4 aromatic rings. The van der Waals surface area contributed by atoms with Gasteiger partial charge >= 0.3 is 0 Å². The maximum absolute atomic E-state index is 12.4. The normalized spacial score (nSPS) is 11.4. The molecule has 2 N–H and O–H groups in total. The van der Waals surface area contributed by atoms with Crippen molar-refractivity contribution >= 4 is 38.0 Å². The number of sulfonamides is 1. The zero-order valence-corrected chi connectivity index (χ0v) is 18.8. The summed E-state index contributed by atoms with van der Waals surface area (Å²) in [4.78, 5) is 13.4. The highest BCUT2D eigenvalue weighted by Crippen LogP contribution is 2.24. The van der Waals surface area contributed by atoms with Gasteiger partial charge < -0.3 is 10.1 Å². The van der Waals surface area contributed by atoms with Crippen LogP contribution in [0.4, 0.5) is 0 Å². The Hall–Kier alpha value is -3.20. The van der Waals surface area contributed by atoms with Crippen LogP contribution in [-0.4, -0.2) is 27.5 Å². The number of carbonyl (C=O) groups is 1. The minimum Gasteiger partial charge on any atom is -0.491 e. The molecule has 164 valence electrons. The number of nitrogens with one attached hydrogen (secondary N) is 2. The van der Waals surface area contributed by atoms with Gasteiger partial charge in [-0.15, -0.1) is 11.3 Å². The number of ether oxygens (including phenoxy) is 1. The van der Waals surface area contributed by atoms with Crippen LogP contribution < -0.4 is 14.8 Å². The van der Waals surface area contributed by atoms with Gasteiger partial charge in [-0.05, 0) is 47.2 Å². The molecule has 3 aromatic carbocycles. The fourth-order valence-corrected chi connectivity index (χ4v) is 4.94. The van der Waals surface area contributed by atoms with E-state index in [1.165, 1.54) is 35.6 Å². The topological polar surface area (TPSA) is 84.5 Å². The van der Waals surface area contributed by atoms with E-state index in [0.29, 0.717) is 18.7 Å². The summed E-state index contributed by atoms with van der Waals surface area (Å²) in [6.07, 6.45) is 0. The third-order valence-electron chi connectivity index (χ3n) is 4.84. The van der Waals surface area contributed by atoms with Gasteiger partial charge in [0.1, 0.15) is 12.4 Å². The predicted molar refractivity (Wildman–Crippen MR) is 127 cm³/mol. The minimum atomic E-state index is -3.64. The molecule has 32 heavy (non-hydrogen) atoms. The van der Waals surface area contributed by atoms with Gasteiger partial charge in [-0.2, -0.15) is 0 Å². The fraction of sp³-hybridized carbons (Fsp3) is 0.125. The average molecular weight is 467 g/mol. The number of hydrogen-bond acceptors (Lipinski definition) is 5. The van der Waals surface area contributed by atoms with Crippen molar-refractivity contribution in [1.82, 2.24) is 10.0 Å². The number of hydrogen-bond donors (Lipinski definition) is 2. The van der Waals surface area contributed by atoms with Crippen LogP contribution in [0.25, 0.3) is 10.8 Å². The summed E-state index contributed by atoms with van der Waals surface area (Å²) in [5, 5.41) is 6.80. The third kappa shape index (κ3) is 5.34. The van der Waals surface area contributed by atoms with Crippen molar-refractivity contribution in [2.75, 3.05) is 13.2 Å². The summed E-state index contributed by atoms with van der Waals surface area (Å²) in [7, 11) is -3.64. The quantitative estimate of drug-likeness (QED) is 0.362. The van der Waals surface area contributed by atoms with E-state index in [1.54, 1.807) is 0 Å². The summed E-state index contributed by atoms with van der Waals surface area (Å²) < 4.78 is 33.2. The second kappa shape index (κ2) is 9.95. The van der Waals surface area contributed by atoms with E-state index in [4.69, 9.17) is 4.74 Å².